The number of fused-ring (bicyclic) bond motifs is 1. The van der Waals surface area contributed by atoms with E-state index in [-0.39, 0.29) is 6.04 Å². The van der Waals surface area contributed by atoms with Gasteiger partial charge in [-0.1, -0.05) is 35.5 Å². The molecule has 1 atom stereocenters. The molecule has 1 N–H and O–H groups in total. The number of rotatable bonds is 4. The largest absolute Gasteiger partial charge is 0.375 e. The first-order chi connectivity index (χ1) is 9.34. The van der Waals surface area contributed by atoms with E-state index in [1.165, 1.54) is 11.3 Å². The smallest absolute Gasteiger partial charge is 0.105 e. The van der Waals surface area contributed by atoms with Gasteiger partial charge < -0.3 is 10.1 Å². The molecular weight excluding hydrogens is 240 g/mol. The van der Waals surface area contributed by atoms with Crippen LogP contribution in [0.4, 0.5) is 0 Å². The van der Waals surface area contributed by atoms with Gasteiger partial charge in [0.2, 0.25) is 0 Å². The maximum absolute atomic E-state index is 5.79. The van der Waals surface area contributed by atoms with E-state index in [1.807, 2.05) is 29.9 Å². The van der Waals surface area contributed by atoms with E-state index >= 15 is 0 Å². The van der Waals surface area contributed by atoms with Crippen LogP contribution in [0.5, 0.6) is 0 Å². The summed E-state index contributed by atoms with van der Waals surface area (Å²) in [7, 11) is 1.94. The minimum atomic E-state index is 0.154. The van der Waals surface area contributed by atoms with Crippen LogP contribution in [0.15, 0.2) is 30.3 Å². The molecule has 3 rings (SSSR count). The summed E-state index contributed by atoms with van der Waals surface area (Å²) in [5.74, 6) is 0. The van der Waals surface area contributed by atoms with Gasteiger partial charge >= 0.3 is 0 Å². The van der Waals surface area contributed by atoms with Crippen molar-refractivity contribution in [1.82, 2.24) is 20.3 Å². The lowest BCUT2D eigenvalue weighted by atomic mass is 10.1. The van der Waals surface area contributed by atoms with Crippen LogP contribution in [0.2, 0.25) is 0 Å². The number of nitrogens with one attached hydrogen (secondary N) is 1. The highest BCUT2D eigenvalue weighted by atomic mass is 16.5. The fraction of sp³-hybridized carbons (Fsp3) is 0.429. The molecule has 1 aromatic heterocycles. The van der Waals surface area contributed by atoms with Gasteiger partial charge in [0.05, 0.1) is 24.9 Å². The van der Waals surface area contributed by atoms with E-state index in [4.69, 9.17) is 4.74 Å². The zero-order valence-corrected chi connectivity index (χ0v) is 11.0. The van der Waals surface area contributed by atoms with Crippen LogP contribution in [0.1, 0.15) is 23.0 Å². The normalized spacial score (nSPS) is 18.3. The van der Waals surface area contributed by atoms with Gasteiger partial charge in [-0.15, -0.1) is 5.10 Å². The fourth-order valence-electron chi connectivity index (χ4n) is 2.42. The van der Waals surface area contributed by atoms with E-state index < -0.39 is 0 Å². The van der Waals surface area contributed by atoms with Crippen molar-refractivity contribution >= 4 is 0 Å². The average Bonchev–Trinajstić information content (AvgIpc) is 2.83. The topological polar surface area (TPSA) is 52.0 Å². The first-order valence-electron chi connectivity index (χ1n) is 6.58. The molecule has 1 aromatic carbocycles. The lowest BCUT2D eigenvalue weighted by molar-refractivity contribution is 0.0957. The van der Waals surface area contributed by atoms with Crippen LogP contribution < -0.4 is 5.32 Å². The van der Waals surface area contributed by atoms with Crippen molar-refractivity contribution in [3.63, 3.8) is 0 Å². The third-order valence-corrected chi connectivity index (χ3v) is 3.45. The summed E-state index contributed by atoms with van der Waals surface area (Å²) in [5, 5.41) is 11.8. The highest BCUT2D eigenvalue weighted by Gasteiger charge is 2.24. The lowest BCUT2D eigenvalue weighted by Crippen LogP contribution is -2.33. The summed E-state index contributed by atoms with van der Waals surface area (Å²) in [6.07, 6.45) is 0.980. The Morgan fingerprint density at radius 1 is 1.37 bits per heavy atom. The van der Waals surface area contributed by atoms with Gasteiger partial charge in [0, 0.05) is 20.0 Å². The summed E-state index contributed by atoms with van der Waals surface area (Å²) in [6, 6.07) is 10.4. The van der Waals surface area contributed by atoms with Crippen LogP contribution in [-0.4, -0.2) is 28.1 Å². The molecule has 0 spiro atoms. The SMILES string of the molecule is Cn1nnc2c1CCN[C@@H]2COCc1ccccc1. The van der Waals surface area contributed by atoms with E-state index in [1.54, 1.807) is 0 Å². The predicted molar refractivity (Wildman–Crippen MR) is 71.5 cm³/mol. The molecule has 0 saturated carbocycles. The van der Waals surface area contributed by atoms with Crippen molar-refractivity contribution in [2.45, 2.75) is 19.1 Å². The van der Waals surface area contributed by atoms with Gasteiger partial charge in [0.1, 0.15) is 5.69 Å². The number of ether oxygens (including phenoxy) is 1. The minimum Gasteiger partial charge on any atom is -0.375 e. The molecule has 5 nitrogen and oxygen atoms in total. The van der Waals surface area contributed by atoms with Crippen molar-refractivity contribution < 1.29 is 4.74 Å². The summed E-state index contributed by atoms with van der Waals surface area (Å²) < 4.78 is 7.65. The maximum Gasteiger partial charge on any atom is 0.105 e. The van der Waals surface area contributed by atoms with Gasteiger partial charge in [-0.25, -0.2) is 0 Å². The standard InChI is InChI=1S/C14H18N4O/c1-18-13-7-8-15-12(14(13)16-17-18)10-19-9-11-5-3-2-4-6-11/h2-6,12,15H,7-10H2,1H3/t12-/m1/s1. The Morgan fingerprint density at radius 2 is 2.21 bits per heavy atom. The summed E-state index contributed by atoms with van der Waals surface area (Å²) in [6.45, 7) is 2.21. The number of benzene rings is 1. The number of hydrogen-bond donors (Lipinski definition) is 1. The first-order valence-corrected chi connectivity index (χ1v) is 6.58. The Labute approximate surface area is 112 Å². The molecule has 0 bridgehead atoms. The third kappa shape index (κ3) is 2.67. The molecule has 0 saturated heterocycles. The second-order valence-corrected chi connectivity index (χ2v) is 4.80. The minimum absolute atomic E-state index is 0.154. The van der Waals surface area contributed by atoms with Crippen LogP contribution in [-0.2, 0) is 24.8 Å². The van der Waals surface area contributed by atoms with Crippen LogP contribution in [0, 0.1) is 0 Å². The van der Waals surface area contributed by atoms with Crippen LogP contribution in [0.3, 0.4) is 0 Å². The summed E-state index contributed by atoms with van der Waals surface area (Å²) in [5.41, 5.74) is 3.44. The van der Waals surface area contributed by atoms with E-state index in [9.17, 15) is 0 Å². The van der Waals surface area contributed by atoms with Gasteiger partial charge in [-0.3, -0.25) is 4.68 Å². The molecule has 100 valence electrons. The molecule has 1 aliphatic rings. The quantitative estimate of drug-likeness (QED) is 0.896. The Balaban J connectivity index is 1.59. The van der Waals surface area contributed by atoms with E-state index in [0.29, 0.717) is 13.2 Å². The highest BCUT2D eigenvalue weighted by molar-refractivity contribution is 5.18. The molecule has 5 heteroatoms. The number of nitrogens with zero attached hydrogens (tertiary/aromatic N) is 3. The summed E-state index contributed by atoms with van der Waals surface area (Å²) in [4.78, 5) is 0. The molecule has 1 aliphatic heterocycles. The Bertz CT molecular complexity index is 538. The number of aromatic nitrogens is 3. The highest BCUT2D eigenvalue weighted by Crippen LogP contribution is 2.20. The van der Waals surface area contributed by atoms with Crippen molar-refractivity contribution in [3.05, 3.63) is 47.3 Å². The molecule has 19 heavy (non-hydrogen) atoms. The molecular formula is C14H18N4O. The third-order valence-electron chi connectivity index (χ3n) is 3.45. The van der Waals surface area contributed by atoms with Crippen molar-refractivity contribution in [1.29, 1.82) is 0 Å². The molecule has 0 fully saturated rings. The maximum atomic E-state index is 5.79. The Hall–Kier alpha value is -1.72. The summed E-state index contributed by atoms with van der Waals surface area (Å²) >= 11 is 0. The fourth-order valence-corrected chi connectivity index (χ4v) is 2.42. The van der Waals surface area contributed by atoms with E-state index in [2.05, 4.69) is 27.8 Å². The molecule has 2 heterocycles. The average molecular weight is 258 g/mol. The van der Waals surface area contributed by atoms with Crippen molar-refractivity contribution in [2.75, 3.05) is 13.2 Å². The molecule has 0 unspecified atom stereocenters. The Morgan fingerprint density at radius 3 is 3.05 bits per heavy atom. The Kier molecular flexibility index (Phi) is 3.57. The second kappa shape index (κ2) is 5.50. The molecule has 0 radical (unpaired) electrons. The number of hydrogen-bond acceptors (Lipinski definition) is 4. The van der Waals surface area contributed by atoms with Crippen molar-refractivity contribution in [2.24, 2.45) is 7.05 Å². The van der Waals surface area contributed by atoms with Crippen LogP contribution >= 0.6 is 0 Å². The molecule has 2 aromatic rings. The number of aryl methyl sites for hydroxylation is 1. The zero-order valence-electron chi connectivity index (χ0n) is 11.0. The monoisotopic (exact) mass is 258 g/mol. The van der Waals surface area contributed by atoms with Crippen molar-refractivity contribution in [3.8, 4) is 0 Å². The zero-order chi connectivity index (χ0) is 13.1. The van der Waals surface area contributed by atoms with Gasteiger partial charge in [0.15, 0.2) is 0 Å². The second-order valence-electron chi connectivity index (χ2n) is 4.80. The van der Waals surface area contributed by atoms with Gasteiger partial charge in [-0.2, -0.15) is 0 Å². The van der Waals surface area contributed by atoms with E-state index in [0.717, 1.165) is 18.7 Å². The first kappa shape index (κ1) is 12.3. The predicted octanol–water partition coefficient (Wildman–Crippen LogP) is 1.22. The van der Waals surface area contributed by atoms with Gasteiger partial charge in [-0.05, 0) is 5.56 Å². The van der Waals surface area contributed by atoms with Crippen LogP contribution in [0.25, 0.3) is 0 Å². The molecule has 0 aliphatic carbocycles. The molecule has 0 amide bonds. The lowest BCUT2D eigenvalue weighted by Gasteiger charge is -2.22. The van der Waals surface area contributed by atoms with Gasteiger partial charge in [0.25, 0.3) is 0 Å².